The van der Waals surface area contributed by atoms with Crippen LogP contribution in [0.2, 0.25) is 0 Å². The maximum Gasteiger partial charge on any atom is 0.417 e. The molecule has 0 fully saturated rings. The summed E-state index contributed by atoms with van der Waals surface area (Å²) < 4.78 is 66.9. The van der Waals surface area contributed by atoms with Crippen LogP contribution in [0, 0.1) is 0 Å². The summed E-state index contributed by atoms with van der Waals surface area (Å²) in [6.45, 7) is 0. The molecule has 2 rings (SSSR count). The molecule has 0 unspecified atom stereocenters. The standard InChI is InChI=1S/C15H13F3N2O4S/c1-24-12-7-6-9(8-13(12)25(19,22)23)20-14(21)10-4-2-3-5-11(10)15(16,17)18/h2-8H,1H3,(H,20,21)(H2,19,22,23). The summed E-state index contributed by atoms with van der Waals surface area (Å²) in [6.07, 6.45) is -4.71. The van der Waals surface area contributed by atoms with Gasteiger partial charge in [-0.15, -0.1) is 0 Å². The van der Waals surface area contributed by atoms with E-state index in [0.717, 1.165) is 24.3 Å². The predicted octanol–water partition coefficient (Wildman–Crippen LogP) is 2.61. The van der Waals surface area contributed by atoms with Crippen molar-refractivity contribution in [3.05, 3.63) is 53.6 Å². The van der Waals surface area contributed by atoms with E-state index in [9.17, 15) is 26.4 Å². The normalized spacial score (nSPS) is 11.9. The molecule has 0 aliphatic heterocycles. The van der Waals surface area contributed by atoms with Gasteiger partial charge in [0.05, 0.1) is 18.2 Å². The van der Waals surface area contributed by atoms with E-state index in [0.29, 0.717) is 0 Å². The number of halogens is 3. The highest BCUT2D eigenvalue weighted by atomic mass is 32.2. The van der Waals surface area contributed by atoms with Crippen molar-refractivity contribution in [2.45, 2.75) is 11.1 Å². The topological polar surface area (TPSA) is 98.5 Å². The minimum Gasteiger partial charge on any atom is -0.495 e. The number of ether oxygens (including phenoxy) is 1. The van der Waals surface area contributed by atoms with Gasteiger partial charge in [-0.05, 0) is 30.3 Å². The smallest absolute Gasteiger partial charge is 0.417 e. The fourth-order valence-electron chi connectivity index (χ4n) is 2.10. The Morgan fingerprint density at radius 3 is 2.36 bits per heavy atom. The molecule has 0 radical (unpaired) electrons. The van der Waals surface area contributed by atoms with E-state index >= 15 is 0 Å². The molecule has 134 valence electrons. The SMILES string of the molecule is COc1ccc(NC(=O)c2ccccc2C(F)(F)F)cc1S(N)(=O)=O. The third-order valence-electron chi connectivity index (χ3n) is 3.21. The summed E-state index contributed by atoms with van der Waals surface area (Å²) in [5.74, 6) is -1.10. The summed E-state index contributed by atoms with van der Waals surface area (Å²) in [5.41, 5.74) is -1.75. The van der Waals surface area contributed by atoms with Crippen LogP contribution in [0.5, 0.6) is 5.75 Å². The number of benzene rings is 2. The van der Waals surface area contributed by atoms with Crippen LogP contribution < -0.4 is 15.2 Å². The Kier molecular flexibility index (Phi) is 5.04. The van der Waals surface area contributed by atoms with Crippen LogP contribution in [0.15, 0.2) is 47.4 Å². The van der Waals surface area contributed by atoms with Gasteiger partial charge in [0.2, 0.25) is 10.0 Å². The fraction of sp³-hybridized carbons (Fsp3) is 0.133. The molecule has 0 spiro atoms. The number of nitrogens with two attached hydrogens (primary N) is 1. The Labute approximate surface area is 141 Å². The van der Waals surface area contributed by atoms with Crippen molar-refractivity contribution in [3.8, 4) is 5.75 Å². The number of nitrogens with one attached hydrogen (secondary N) is 1. The third-order valence-corrected chi connectivity index (χ3v) is 4.14. The maximum absolute atomic E-state index is 13.0. The maximum atomic E-state index is 13.0. The second-order valence-corrected chi connectivity index (χ2v) is 6.44. The molecule has 0 atom stereocenters. The Morgan fingerprint density at radius 1 is 1.16 bits per heavy atom. The number of primary sulfonamides is 1. The van der Waals surface area contributed by atoms with Crippen molar-refractivity contribution in [2.75, 3.05) is 12.4 Å². The lowest BCUT2D eigenvalue weighted by Crippen LogP contribution is -2.19. The summed E-state index contributed by atoms with van der Waals surface area (Å²) in [6, 6.07) is 7.75. The average molecular weight is 374 g/mol. The Hall–Kier alpha value is -2.59. The van der Waals surface area contributed by atoms with Gasteiger partial charge < -0.3 is 10.1 Å². The highest BCUT2D eigenvalue weighted by molar-refractivity contribution is 7.89. The molecule has 2 aromatic carbocycles. The number of anilines is 1. The lowest BCUT2D eigenvalue weighted by molar-refractivity contribution is -0.137. The van der Waals surface area contributed by atoms with E-state index in [-0.39, 0.29) is 11.4 Å². The van der Waals surface area contributed by atoms with E-state index < -0.39 is 38.1 Å². The van der Waals surface area contributed by atoms with Crippen LogP contribution in [0.4, 0.5) is 18.9 Å². The Balaban J connectivity index is 2.40. The summed E-state index contributed by atoms with van der Waals surface area (Å²) >= 11 is 0. The summed E-state index contributed by atoms with van der Waals surface area (Å²) in [7, 11) is -2.93. The first-order valence-corrected chi connectivity index (χ1v) is 8.27. The van der Waals surface area contributed by atoms with E-state index in [1.807, 2.05) is 0 Å². The number of carbonyl (C=O) groups is 1. The molecule has 3 N–H and O–H groups in total. The van der Waals surface area contributed by atoms with Crippen molar-refractivity contribution < 1.29 is 31.1 Å². The molecule has 0 saturated heterocycles. The van der Waals surface area contributed by atoms with Gasteiger partial charge in [-0.3, -0.25) is 4.79 Å². The molecule has 1 amide bonds. The first-order chi connectivity index (χ1) is 11.5. The molecule has 0 aliphatic rings. The van der Waals surface area contributed by atoms with Crippen molar-refractivity contribution in [2.24, 2.45) is 5.14 Å². The van der Waals surface area contributed by atoms with E-state index in [2.05, 4.69) is 5.32 Å². The Morgan fingerprint density at radius 2 is 1.80 bits per heavy atom. The minimum atomic E-state index is -4.71. The number of alkyl halides is 3. The molecule has 0 saturated carbocycles. The number of sulfonamides is 1. The van der Waals surface area contributed by atoms with Crippen LogP contribution >= 0.6 is 0 Å². The molecular formula is C15H13F3N2O4S. The van der Waals surface area contributed by atoms with Gasteiger partial charge in [0, 0.05) is 5.69 Å². The number of hydrogen-bond acceptors (Lipinski definition) is 4. The monoisotopic (exact) mass is 374 g/mol. The molecule has 10 heteroatoms. The van der Waals surface area contributed by atoms with Crippen molar-refractivity contribution in [1.82, 2.24) is 0 Å². The first-order valence-electron chi connectivity index (χ1n) is 6.72. The fourth-order valence-corrected chi connectivity index (χ4v) is 2.83. The van der Waals surface area contributed by atoms with Gasteiger partial charge >= 0.3 is 6.18 Å². The predicted molar refractivity (Wildman–Crippen MR) is 83.8 cm³/mol. The van der Waals surface area contributed by atoms with E-state index in [4.69, 9.17) is 9.88 Å². The van der Waals surface area contributed by atoms with Gasteiger partial charge in [0.15, 0.2) is 0 Å². The van der Waals surface area contributed by atoms with Crippen LogP contribution in [-0.2, 0) is 16.2 Å². The van der Waals surface area contributed by atoms with Crippen LogP contribution in [0.3, 0.4) is 0 Å². The highest BCUT2D eigenvalue weighted by Gasteiger charge is 2.34. The highest BCUT2D eigenvalue weighted by Crippen LogP contribution is 2.32. The van der Waals surface area contributed by atoms with Gasteiger partial charge in [-0.25, -0.2) is 13.6 Å². The van der Waals surface area contributed by atoms with Gasteiger partial charge in [0.25, 0.3) is 5.91 Å². The van der Waals surface area contributed by atoms with E-state index in [1.165, 1.54) is 25.3 Å². The zero-order chi connectivity index (χ0) is 18.8. The zero-order valence-corrected chi connectivity index (χ0v) is 13.6. The number of carbonyl (C=O) groups excluding carboxylic acids is 1. The average Bonchev–Trinajstić information content (AvgIpc) is 2.53. The summed E-state index contributed by atoms with van der Waals surface area (Å²) in [4.78, 5) is 11.8. The molecule has 0 bridgehead atoms. The van der Waals surface area contributed by atoms with Crippen molar-refractivity contribution in [1.29, 1.82) is 0 Å². The number of rotatable bonds is 4. The number of amides is 1. The molecule has 0 heterocycles. The second-order valence-electron chi connectivity index (χ2n) is 4.91. The molecule has 0 aliphatic carbocycles. The number of methoxy groups -OCH3 is 1. The van der Waals surface area contributed by atoms with Crippen LogP contribution in [0.25, 0.3) is 0 Å². The van der Waals surface area contributed by atoms with Crippen molar-refractivity contribution >= 4 is 21.6 Å². The van der Waals surface area contributed by atoms with Gasteiger partial charge in [-0.1, -0.05) is 12.1 Å². The number of hydrogen-bond donors (Lipinski definition) is 2. The second kappa shape index (κ2) is 6.73. The van der Waals surface area contributed by atoms with Crippen molar-refractivity contribution in [3.63, 3.8) is 0 Å². The van der Waals surface area contributed by atoms with Crippen LogP contribution in [-0.4, -0.2) is 21.4 Å². The minimum absolute atomic E-state index is 0.0493. The largest absolute Gasteiger partial charge is 0.495 e. The zero-order valence-electron chi connectivity index (χ0n) is 12.8. The lowest BCUT2D eigenvalue weighted by Gasteiger charge is -2.13. The van der Waals surface area contributed by atoms with E-state index in [1.54, 1.807) is 0 Å². The first kappa shape index (κ1) is 18.7. The summed E-state index contributed by atoms with van der Waals surface area (Å²) in [5, 5.41) is 7.28. The molecule has 25 heavy (non-hydrogen) atoms. The van der Waals surface area contributed by atoms with Gasteiger partial charge in [-0.2, -0.15) is 13.2 Å². The molecule has 6 nitrogen and oxygen atoms in total. The van der Waals surface area contributed by atoms with Gasteiger partial charge in [0.1, 0.15) is 10.6 Å². The Bertz CT molecular complexity index is 911. The molecule has 0 aromatic heterocycles. The lowest BCUT2D eigenvalue weighted by atomic mass is 10.1. The molecular weight excluding hydrogens is 361 g/mol. The quantitative estimate of drug-likeness (QED) is 0.859. The third kappa shape index (κ3) is 4.28. The van der Waals surface area contributed by atoms with Crippen LogP contribution in [0.1, 0.15) is 15.9 Å². The molecule has 2 aromatic rings.